The second-order valence-electron chi connectivity index (χ2n) is 5.47. The predicted octanol–water partition coefficient (Wildman–Crippen LogP) is 3.75. The zero-order valence-corrected chi connectivity index (χ0v) is 12.3. The summed E-state index contributed by atoms with van der Waals surface area (Å²) < 4.78 is 5.22. The lowest BCUT2D eigenvalue weighted by molar-refractivity contribution is 0.127. The molecule has 20 heavy (non-hydrogen) atoms. The molecule has 108 valence electrons. The molecule has 2 rings (SSSR count). The van der Waals surface area contributed by atoms with Crippen molar-refractivity contribution in [2.24, 2.45) is 0 Å². The normalized spacial score (nSPS) is 15.8. The lowest BCUT2D eigenvalue weighted by Crippen LogP contribution is -2.30. The van der Waals surface area contributed by atoms with E-state index in [0.29, 0.717) is 12.2 Å². The third-order valence-corrected chi connectivity index (χ3v) is 3.56. The van der Waals surface area contributed by atoms with Gasteiger partial charge in [-0.25, -0.2) is 0 Å². The van der Waals surface area contributed by atoms with Crippen molar-refractivity contribution in [1.29, 1.82) is 0 Å². The standard InChI is InChI=1S/C17H23NO2/c1-12-6-8-15(9-7-12)14(3)18-13(2)11-16(19)17-5-4-10-20-17/h4-10,13-14,16,18-19H,11H2,1-3H3. The van der Waals surface area contributed by atoms with Crippen LogP contribution < -0.4 is 5.32 Å². The van der Waals surface area contributed by atoms with Gasteiger partial charge in [-0.3, -0.25) is 0 Å². The second kappa shape index (κ2) is 6.73. The van der Waals surface area contributed by atoms with Crippen LogP contribution in [0.5, 0.6) is 0 Å². The maximum absolute atomic E-state index is 10.1. The number of aliphatic hydroxyl groups excluding tert-OH is 1. The van der Waals surface area contributed by atoms with Crippen molar-refractivity contribution >= 4 is 0 Å². The highest BCUT2D eigenvalue weighted by Crippen LogP contribution is 2.20. The minimum atomic E-state index is -0.558. The van der Waals surface area contributed by atoms with Crippen LogP contribution in [0.4, 0.5) is 0 Å². The summed E-state index contributed by atoms with van der Waals surface area (Å²) in [5.74, 6) is 0.627. The van der Waals surface area contributed by atoms with Crippen LogP contribution in [0.2, 0.25) is 0 Å². The van der Waals surface area contributed by atoms with Crippen molar-refractivity contribution in [2.75, 3.05) is 0 Å². The van der Waals surface area contributed by atoms with Crippen LogP contribution in [0.1, 0.15) is 49.3 Å². The number of rotatable bonds is 6. The van der Waals surface area contributed by atoms with E-state index in [0.717, 1.165) is 0 Å². The summed E-state index contributed by atoms with van der Waals surface area (Å²) in [7, 11) is 0. The fourth-order valence-electron chi connectivity index (χ4n) is 2.38. The number of hydrogen-bond acceptors (Lipinski definition) is 3. The van der Waals surface area contributed by atoms with E-state index in [1.54, 1.807) is 18.4 Å². The zero-order chi connectivity index (χ0) is 14.5. The molecule has 2 N–H and O–H groups in total. The molecule has 3 atom stereocenters. The van der Waals surface area contributed by atoms with Crippen LogP contribution >= 0.6 is 0 Å². The topological polar surface area (TPSA) is 45.4 Å². The maximum Gasteiger partial charge on any atom is 0.132 e. The largest absolute Gasteiger partial charge is 0.467 e. The number of benzene rings is 1. The molecule has 0 saturated carbocycles. The van der Waals surface area contributed by atoms with E-state index in [4.69, 9.17) is 4.42 Å². The van der Waals surface area contributed by atoms with E-state index in [9.17, 15) is 5.11 Å². The first-order chi connectivity index (χ1) is 9.56. The van der Waals surface area contributed by atoms with Gasteiger partial charge in [0.25, 0.3) is 0 Å². The predicted molar refractivity (Wildman–Crippen MR) is 80.5 cm³/mol. The van der Waals surface area contributed by atoms with Crippen molar-refractivity contribution in [3.05, 3.63) is 59.5 Å². The van der Waals surface area contributed by atoms with Crippen LogP contribution in [-0.2, 0) is 0 Å². The Morgan fingerprint density at radius 2 is 1.85 bits per heavy atom. The lowest BCUT2D eigenvalue weighted by atomic mass is 10.0. The molecule has 3 nitrogen and oxygen atoms in total. The van der Waals surface area contributed by atoms with E-state index in [1.807, 2.05) is 0 Å². The Kier molecular flexibility index (Phi) is 4.99. The van der Waals surface area contributed by atoms with Crippen LogP contribution in [0, 0.1) is 6.92 Å². The number of furan rings is 1. The first kappa shape index (κ1) is 14.8. The Morgan fingerprint density at radius 1 is 1.15 bits per heavy atom. The molecule has 1 aromatic carbocycles. The molecule has 3 heteroatoms. The van der Waals surface area contributed by atoms with Crippen molar-refractivity contribution in [2.45, 2.75) is 45.4 Å². The molecule has 3 unspecified atom stereocenters. The fourth-order valence-corrected chi connectivity index (χ4v) is 2.38. The van der Waals surface area contributed by atoms with Crippen LogP contribution in [0.15, 0.2) is 47.1 Å². The molecule has 0 amide bonds. The van der Waals surface area contributed by atoms with E-state index in [-0.39, 0.29) is 12.1 Å². The molecular formula is C17H23NO2. The van der Waals surface area contributed by atoms with Gasteiger partial charge in [0, 0.05) is 12.1 Å². The van der Waals surface area contributed by atoms with Gasteiger partial charge in [0.2, 0.25) is 0 Å². The smallest absolute Gasteiger partial charge is 0.132 e. The van der Waals surface area contributed by atoms with Crippen LogP contribution in [0.25, 0.3) is 0 Å². The van der Waals surface area contributed by atoms with Crippen molar-refractivity contribution < 1.29 is 9.52 Å². The molecule has 0 aliphatic rings. The molecular weight excluding hydrogens is 250 g/mol. The molecule has 0 radical (unpaired) electrons. The van der Waals surface area contributed by atoms with Gasteiger partial charge in [-0.1, -0.05) is 29.8 Å². The Morgan fingerprint density at radius 3 is 2.45 bits per heavy atom. The van der Waals surface area contributed by atoms with Gasteiger partial charge in [0.15, 0.2) is 0 Å². The van der Waals surface area contributed by atoms with Crippen LogP contribution in [-0.4, -0.2) is 11.1 Å². The van der Waals surface area contributed by atoms with E-state index in [2.05, 4.69) is 50.4 Å². The van der Waals surface area contributed by atoms with Crippen molar-refractivity contribution in [3.8, 4) is 0 Å². The van der Waals surface area contributed by atoms with Gasteiger partial charge in [-0.15, -0.1) is 0 Å². The fraction of sp³-hybridized carbons (Fsp3) is 0.412. The van der Waals surface area contributed by atoms with Gasteiger partial charge in [0.1, 0.15) is 11.9 Å². The molecule has 0 aliphatic heterocycles. The molecule has 0 fully saturated rings. The molecule has 2 aromatic rings. The van der Waals surface area contributed by atoms with E-state index >= 15 is 0 Å². The summed E-state index contributed by atoms with van der Waals surface area (Å²) in [6.07, 6.45) is 1.66. The molecule has 1 aromatic heterocycles. The Bertz CT molecular complexity index is 504. The first-order valence-electron chi connectivity index (χ1n) is 7.10. The minimum absolute atomic E-state index is 0.200. The molecule has 0 aliphatic carbocycles. The molecule has 0 saturated heterocycles. The van der Waals surface area contributed by atoms with Gasteiger partial charge in [0.05, 0.1) is 6.26 Å². The third kappa shape index (κ3) is 3.95. The Balaban J connectivity index is 1.87. The monoisotopic (exact) mass is 273 g/mol. The number of hydrogen-bond donors (Lipinski definition) is 2. The highest BCUT2D eigenvalue weighted by Gasteiger charge is 2.16. The average Bonchev–Trinajstić information content (AvgIpc) is 2.93. The second-order valence-corrected chi connectivity index (χ2v) is 5.47. The van der Waals surface area contributed by atoms with Gasteiger partial charge in [-0.2, -0.15) is 0 Å². The zero-order valence-electron chi connectivity index (χ0n) is 12.3. The summed E-state index contributed by atoms with van der Waals surface area (Å²) >= 11 is 0. The van der Waals surface area contributed by atoms with Gasteiger partial charge >= 0.3 is 0 Å². The SMILES string of the molecule is Cc1ccc(C(C)NC(C)CC(O)c2ccco2)cc1. The highest BCUT2D eigenvalue weighted by atomic mass is 16.4. The average molecular weight is 273 g/mol. The summed E-state index contributed by atoms with van der Waals surface area (Å²) in [5, 5.41) is 13.6. The van der Waals surface area contributed by atoms with Crippen molar-refractivity contribution in [3.63, 3.8) is 0 Å². The third-order valence-electron chi connectivity index (χ3n) is 3.56. The number of aryl methyl sites for hydroxylation is 1. The minimum Gasteiger partial charge on any atom is -0.467 e. The number of aliphatic hydroxyl groups is 1. The summed E-state index contributed by atoms with van der Waals surface area (Å²) in [6.45, 7) is 6.31. The van der Waals surface area contributed by atoms with Gasteiger partial charge in [-0.05, 0) is 44.9 Å². The molecule has 0 spiro atoms. The molecule has 1 heterocycles. The highest BCUT2D eigenvalue weighted by molar-refractivity contribution is 5.23. The van der Waals surface area contributed by atoms with Gasteiger partial charge < -0.3 is 14.8 Å². The first-order valence-corrected chi connectivity index (χ1v) is 7.10. The number of nitrogens with one attached hydrogen (secondary N) is 1. The van der Waals surface area contributed by atoms with E-state index in [1.165, 1.54) is 11.1 Å². The van der Waals surface area contributed by atoms with Crippen molar-refractivity contribution in [1.82, 2.24) is 5.32 Å². The quantitative estimate of drug-likeness (QED) is 0.842. The lowest BCUT2D eigenvalue weighted by Gasteiger charge is -2.22. The Labute approximate surface area is 120 Å². The van der Waals surface area contributed by atoms with E-state index < -0.39 is 6.10 Å². The summed E-state index contributed by atoms with van der Waals surface area (Å²) in [4.78, 5) is 0. The molecule has 0 bridgehead atoms. The summed E-state index contributed by atoms with van der Waals surface area (Å²) in [6, 6.07) is 12.6. The van der Waals surface area contributed by atoms with Crippen LogP contribution in [0.3, 0.4) is 0 Å². The Hall–Kier alpha value is -1.58. The maximum atomic E-state index is 10.1. The summed E-state index contributed by atoms with van der Waals surface area (Å²) in [5.41, 5.74) is 2.53.